The molecule has 3 rings (SSSR count). The standard InChI is InChI=1S/C19H20BrN3O/c1-3-24-18-7-5-4-6-15(18)12-21-19-22-13-17(23(19)2)14-8-10-16(20)11-9-14/h4-11,13H,3,12H2,1-2H3,(H,21,22). The van der Waals surface area contributed by atoms with Crippen LogP contribution in [-0.2, 0) is 13.6 Å². The summed E-state index contributed by atoms with van der Waals surface area (Å²) in [6.07, 6.45) is 1.89. The number of benzene rings is 2. The first-order chi connectivity index (χ1) is 11.7. The molecule has 0 saturated heterocycles. The van der Waals surface area contributed by atoms with Crippen LogP contribution in [0.1, 0.15) is 12.5 Å². The van der Waals surface area contributed by atoms with Gasteiger partial charge in [0.05, 0.1) is 18.5 Å². The van der Waals surface area contributed by atoms with E-state index in [0.29, 0.717) is 13.2 Å². The Labute approximate surface area is 150 Å². The number of nitrogens with one attached hydrogen (secondary N) is 1. The van der Waals surface area contributed by atoms with Crippen LogP contribution in [0.4, 0.5) is 5.95 Å². The van der Waals surface area contributed by atoms with Gasteiger partial charge in [0.15, 0.2) is 0 Å². The lowest BCUT2D eigenvalue weighted by molar-refractivity contribution is 0.337. The summed E-state index contributed by atoms with van der Waals surface area (Å²) in [7, 11) is 2.02. The van der Waals surface area contributed by atoms with Gasteiger partial charge in [0.25, 0.3) is 0 Å². The zero-order chi connectivity index (χ0) is 16.9. The van der Waals surface area contributed by atoms with E-state index in [4.69, 9.17) is 4.74 Å². The van der Waals surface area contributed by atoms with Crippen molar-refractivity contribution in [2.75, 3.05) is 11.9 Å². The summed E-state index contributed by atoms with van der Waals surface area (Å²) in [6, 6.07) is 16.3. The van der Waals surface area contributed by atoms with E-state index < -0.39 is 0 Å². The lowest BCUT2D eigenvalue weighted by atomic mass is 10.2. The molecule has 5 heteroatoms. The second-order valence-corrected chi connectivity index (χ2v) is 6.34. The summed E-state index contributed by atoms with van der Waals surface area (Å²) in [6.45, 7) is 3.32. The predicted octanol–water partition coefficient (Wildman–Crippen LogP) is 4.86. The lowest BCUT2D eigenvalue weighted by Crippen LogP contribution is -2.07. The first-order valence-electron chi connectivity index (χ1n) is 7.91. The maximum Gasteiger partial charge on any atom is 0.203 e. The molecular weight excluding hydrogens is 366 g/mol. The molecule has 0 radical (unpaired) electrons. The Balaban J connectivity index is 1.76. The number of nitrogens with zero attached hydrogens (tertiary/aromatic N) is 2. The fourth-order valence-electron chi connectivity index (χ4n) is 2.58. The molecule has 0 bridgehead atoms. The highest BCUT2D eigenvalue weighted by molar-refractivity contribution is 9.10. The Morgan fingerprint density at radius 3 is 2.62 bits per heavy atom. The second kappa shape index (κ2) is 7.53. The zero-order valence-electron chi connectivity index (χ0n) is 13.8. The van der Waals surface area contributed by atoms with E-state index in [-0.39, 0.29) is 0 Å². The molecule has 2 aromatic carbocycles. The number of hydrogen-bond acceptors (Lipinski definition) is 3. The number of para-hydroxylation sites is 1. The minimum atomic E-state index is 0.660. The van der Waals surface area contributed by atoms with Gasteiger partial charge in [0.2, 0.25) is 5.95 Å². The van der Waals surface area contributed by atoms with Crippen molar-refractivity contribution >= 4 is 21.9 Å². The number of rotatable bonds is 6. The molecular formula is C19H20BrN3O. The molecule has 124 valence electrons. The maximum atomic E-state index is 5.67. The summed E-state index contributed by atoms with van der Waals surface area (Å²) in [5.41, 5.74) is 3.33. The average Bonchev–Trinajstić information content (AvgIpc) is 2.96. The average molecular weight is 386 g/mol. The highest BCUT2D eigenvalue weighted by atomic mass is 79.9. The third kappa shape index (κ3) is 3.62. The van der Waals surface area contributed by atoms with Crippen LogP contribution in [0.3, 0.4) is 0 Å². The van der Waals surface area contributed by atoms with Gasteiger partial charge in [-0.3, -0.25) is 0 Å². The molecule has 0 saturated carbocycles. The molecule has 0 spiro atoms. The van der Waals surface area contributed by atoms with Gasteiger partial charge in [0, 0.05) is 23.6 Å². The Morgan fingerprint density at radius 1 is 1.12 bits per heavy atom. The van der Waals surface area contributed by atoms with Gasteiger partial charge < -0.3 is 14.6 Å². The van der Waals surface area contributed by atoms with Gasteiger partial charge in [0.1, 0.15) is 5.75 Å². The van der Waals surface area contributed by atoms with Crippen LogP contribution in [0, 0.1) is 0 Å². The van der Waals surface area contributed by atoms with Crippen LogP contribution in [0.2, 0.25) is 0 Å². The van der Waals surface area contributed by atoms with Gasteiger partial charge in [-0.15, -0.1) is 0 Å². The van der Waals surface area contributed by atoms with E-state index in [9.17, 15) is 0 Å². The number of halogens is 1. The highest BCUT2D eigenvalue weighted by Crippen LogP contribution is 2.25. The van der Waals surface area contributed by atoms with E-state index in [1.54, 1.807) is 0 Å². The molecule has 0 aliphatic rings. The fourth-order valence-corrected chi connectivity index (χ4v) is 2.85. The number of aromatic nitrogens is 2. The molecule has 0 atom stereocenters. The largest absolute Gasteiger partial charge is 0.494 e. The molecule has 1 N–H and O–H groups in total. The summed E-state index contributed by atoms with van der Waals surface area (Å²) in [5.74, 6) is 1.74. The predicted molar refractivity (Wildman–Crippen MR) is 101 cm³/mol. The first kappa shape index (κ1) is 16.6. The van der Waals surface area contributed by atoms with E-state index in [1.807, 2.05) is 50.5 Å². The van der Waals surface area contributed by atoms with Crippen LogP contribution in [0.25, 0.3) is 11.3 Å². The van der Waals surface area contributed by atoms with E-state index >= 15 is 0 Å². The normalized spacial score (nSPS) is 10.6. The number of anilines is 1. The molecule has 0 fully saturated rings. The highest BCUT2D eigenvalue weighted by Gasteiger charge is 2.09. The van der Waals surface area contributed by atoms with Crippen LogP contribution in [0.5, 0.6) is 5.75 Å². The van der Waals surface area contributed by atoms with E-state index in [1.165, 1.54) is 0 Å². The van der Waals surface area contributed by atoms with E-state index in [2.05, 4.69) is 49.0 Å². The van der Waals surface area contributed by atoms with Crippen LogP contribution >= 0.6 is 15.9 Å². The minimum absolute atomic E-state index is 0.660. The van der Waals surface area contributed by atoms with Crippen LogP contribution in [-0.4, -0.2) is 16.2 Å². The summed E-state index contributed by atoms with van der Waals surface area (Å²) < 4.78 is 8.80. The summed E-state index contributed by atoms with van der Waals surface area (Å²) in [5, 5.41) is 3.39. The van der Waals surface area contributed by atoms with Gasteiger partial charge >= 0.3 is 0 Å². The topological polar surface area (TPSA) is 39.1 Å². The Bertz CT molecular complexity index is 812. The molecule has 4 nitrogen and oxygen atoms in total. The number of imidazole rings is 1. The van der Waals surface area contributed by atoms with Gasteiger partial charge in [-0.1, -0.05) is 46.3 Å². The van der Waals surface area contributed by atoms with Crippen LogP contribution in [0.15, 0.2) is 59.2 Å². The van der Waals surface area contributed by atoms with Crippen molar-refractivity contribution in [1.29, 1.82) is 0 Å². The van der Waals surface area contributed by atoms with E-state index in [0.717, 1.165) is 33.0 Å². The van der Waals surface area contributed by atoms with Crippen molar-refractivity contribution in [3.05, 3.63) is 64.8 Å². The third-order valence-electron chi connectivity index (χ3n) is 3.84. The van der Waals surface area contributed by atoms with Crippen molar-refractivity contribution in [2.45, 2.75) is 13.5 Å². The molecule has 0 amide bonds. The molecule has 0 aliphatic carbocycles. The number of ether oxygens (including phenoxy) is 1. The van der Waals surface area contributed by atoms with Crippen molar-refractivity contribution in [2.24, 2.45) is 7.05 Å². The summed E-state index contributed by atoms with van der Waals surface area (Å²) in [4.78, 5) is 4.50. The second-order valence-electron chi connectivity index (χ2n) is 5.43. The summed E-state index contributed by atoms with van der Waals surface area (Å²) >= 11 is 3.47. The zero-order valence-corrected chi connectivity index (χ0v) is 15.4. The molecule has 0 unspecified atom stereocenters. The van der Waals surface area contributed by atoms with Crippen molar-refractivity contribution in [3.63, 3.8) is 0 Å². The molecule has 1 aromatic heterocycles. The molecule has 3 aromatic rings. The SMILES string of the molecule is CCOc1ccccc1CNc1ncc(-c2ccc(Br)cc2)n1C. The first-order valence-corrected chi connectivity index (χ1v) is 8.70. The Kier molecular flexibility index (Phi) is 5.20. The minimum Gasteiger partial charge on any atom is -0.494 e. The smallest absolute Gasteiger partial charge is 0.203 e. The van der Waals surface area contributed by atoms with Crippen LogP contribution < -0.4 is 10.1 Å². The quantitative estimate of drug-likeness (QED) is 0.658. The van der Waals surface area contributed by atoms with Gasteiger partial charge in [-0.25, -0.2) is 4.98 Å². The molecule has 24 heavy (non-hydrogen) atoms. The van der Waals surface area contributed by atoms with Gasteiger partial charge in [-0.05, 0) is 30.7 Å². The Hall–Kier alpha value is -2.27. The van der Waals surface area contributed by atoms with Gasteiger partial charge in [-0.2, -0.15) is 0 Å². The van der Waals surface area contributed by atoms with Crippen molar-refractivity contribution in [3.8, 4) is 17.0 Å². The van der Waals surface area contributed by atoms with Crippen molar-refractivity contribution < 1.29 is 4.74 Å². The fraction of sp³-hybridized carbons (Fsp3) is 0.211. The lowest BCUT2D eigenvalue weighted by Gasteiger charge is -2.12. The maximum absolute atomic E-state index is 5.67. The third-order valence-corrected chi connectivity index (χ3v) is 4.37. The van der Waals surface area contributed by atoms with Crippen molar-refractivity contribution in [1.82, 2.24) is 9.55 Å². The molecule has 0 aliphatic heterocycles. The number of hydrogen-bond donors (Lipinski definition) is 1. The monoisotopic (exact) mass is 385 g/mol. The molecule has 1 heterocycles. The Morgan fingerprint density at radius 2 is 1.88 bits per heavy atom.